The van der Waals surface area contributed by atoms with Gasteiger partial charge in [0.15, 0.2) is 5.78 Å². The first-order chi connectivity index (χ1) is 9.56. The Morgan fingerprint density at radius 2 is 1.85 bits per heavy atom. The Morgan fingerprint density at radius 1 is 1.10 bits per heavy atom. The topological polar surface area (TPSA) is 61.5 Å². The number of benzene rings is 2. The number of halogens is 1. The van der Waals surface area contributed by atoms with E-state index in [1.165, 1.54) is 7.11 Å². The van der Waals surface area contributed by atoms with Gasteiger partial charge in [-0.05, 0) is 52.3 Å². The number of carbonyl (C=O) groups excluding carboxylic acids is 1. The van der Waals surface area contributed by atoms with Gasteiger partial charge in [-0.25, -0.2) is 0 Å². The van der Waals surface area contributed by atoms with Gasteiger partial charge >= 0.3 is 0 Å². The maximum Gasteiger partial charge on any atom is 0.194 e. The highest BCUT2D eigenvalue weighted by Gasteiger charge is 2.14. The Kier molecular flexibility index (Phi) is 4.29. The number of methoxy groups -OCH3 is 2. The van der Waals surface area contributed by atoms with Crippen molar-refractivity contribution >= 4 is 27.4 Å². The number of hydrogen-bond acceptors (Lipinski definition) is 4. The molecule has 0 aliphatic heterocycles. The van der Waals surface area contributed by atoms with Crippen LogP contribution in [0.3, 0.4) is 0 Å². The van der Waals surface area contributed by atoms with E-state index in [-0.39, 0.29) is 5.78 Å². The maximum atomic E-state index is 12.5. The molecule has 2 rings (SSSR count). The number of rotatable bonds is 4. The Morgan fingerprint density at radius 3 is 2.40 bits per heavy atom. The minimum absolute atomic E-state index is 0.117. The molecule has 2 aromatic rings. The third-order valence-electron chi connectivity index (χ3n) is 2.91. The van der Waals surface area contributed by atoms with E-state index in [9.17, 15) is 4.79 Å². The summed E-state index contributed by atoms with van der Waals surface area (Å²) in [6, 6.07) is 10.2. The molecule has 2 aromatic carbocycles. The van der Waals surface area contributed by atoms with Gasteiger partial charge in [-0.1, -0.05) is 0 Å². The van der Waals surface area contributed by atoms with E-state index in [0.29, 0.717) is 32.8 Å². The van der Waals surface area contributed by atoms with Crippen LogP contribution in [0.2, 0.25) is 0 Å². The van der Waals surface area contributed by atoms with Gasteiger partial charge in [0.2, 0.25) is 0 Å². The summed E-state index contributed by atoms with van der Waals surface area (Å²) in [6.45, 7) is 0. The highest BCUT2D eigenvalue weighted by atomic mass is 79.9. The number of anilines is 1. The highest BCUT2D eigenvalue weighted by Crippen LogP contribution is 2.27. The van der Waals surface area contributed by atoms with E-state index in [2.05, 4.69) is 15.9 Å². The Labute approximate surface area is 125 Å². The van der Waals surface area contributed by atoms with Gasteiger partial charge in [-0.15, -0.1) is 0 Å². The number of ether oxygens (including phenoxy) is 2. The Balaban J connectivity index is 2.38. The highest BCUT2D eigenvalue weighted by molar-refractivity contribution is 9.10. The minimum Gasteiger partial charge on any atom is -0.497 e. The average Bonchev–Trinajstić information content (AvgIpc) is 2.46. The standard InChI is InChI=1S/C15H14BrNO3/c1-19-10-4-5-11(12(16)8-10)15(18)9-3-6-14(20-2)13(17)7-9/h3-8H,17H2,1-2H3. The van der Waals surface area contributed by atoms with E-state index in [1.807, 2.05) is 0 Å². The lowest BCUT2D eigenvalue weighted by Crippen LogP contribution is -2.04. The largest absolute Gasteiger partial charge is 0.497 e. The second kappa shape index (κ2) is 5.96. The van der Waals surface area contributed by atoms with Gasteiger partial charge in [0.1, 0.15) is 11.5 Å². The zero-order valence-electron chi connectivity index (χ0n) is 11.1. The third-order valence-corrected chi connectivity index (χ3v) is 3.57. The van der Waals surface area contributed by atoms with Crippen molar-refractivity contribution in [1.82, 2.24) is 0 Å². The lowest BCUT2D eigenvalue weighted by molar-refractivity contribution is 0.103. The van der Waals surface area contributed by atoms with Crippen LogP contribution in [0.1, 0.15) is 15.9 Å². The smallest absolute Gasteiger partial charge is 0.194 e. The average molecular weight is 336 g/mol. The summed E-state index contributed by atoms with van der Waals surface area (Å²) in [5, 5.41) is 0. The minimum atomic E-state index is -0.117. The van der Waals surface area contributed by atoms with Crippen molar-refractivity contribution in [3.05, 3.63) is 52.0 Å². The van der Waals surface area contributed by atoms with Crippen LogP contribution in [0.5, 0.6) is 11.5 Å². The van der Waals surface area contributed by atoms with Crippen LogP contribution < -0.4 is 15.2 Å². The Hall–Kier alpha value is -2.01. The van der Waals surface area contributed by atoms with Crippen molar-refractivity contribution in [2.45, 2.75) is 0 Å². The fourth-order valence-corrected chi connectivity index (χ4v) is 2.38. The Bertz CT molecular complexity index is 656. The van der Waals surface area contributed by atoms with Crippen LogP contribution in [0.4, 0.5) is 5.69 Å². The lowest BCUT2D eigenvalue weighted by Gasteiger charge is -2.09. The predicted molar refractivity (Wildman–Crippen MR) is 81.5 cm³/mol. The van der Waals surface area contributed by atoms with Gasteiger partial charge in [0, 0.05) is 15.6 Å². The van der Waals surface area contributed by atoms with E-state index < -0.39 is 0 Å². The number of nitrogen functional groups attached to an aromatic ring is 1. The van der Waals surface area contributed by atoms with Crippen molar-refractivity contribution in [2.75, 3.05) is 20.0 Å². The molecule has 0 atom stereocenters. The summed E-state index contributed by atoms with van der Waals surface area (Å²) in [5.74, 6) is 1.12. The molecular formula is C15H14BrNO3. The number of hydrogen-bond donors (Lipinski definition) is 1. The van der Waals surface area contributed by atoms with E-state index >= 15 is 0 Å². The molecule has 0 spiro atoms. The molecule has 0 bridgehead atoms. The molecule has 20 heavy (non-hydrogen) atoms. The first-order valence-electron chi connectivity index (χ1n) is 5.88. The molecule has 4 nitrogen and oxygen atoms in total. The van der Waals surface area contributed by atoms with Gasteiger partial charge in [0.05, 0.1) is 19.9 Å². The van der Waals surface area contributed by atoms with Crippen molar-refractivity contribution in [1.29, 1.82) is 0 Å². The predicted octanol–water partition coefficient (Wildman–Crippen LogP) is 3.28. The normalized spacial score (nSPS) is 10.2. The molecule has 0 amide bonds. The van der Waals surface area contributed by atoms with Gasteiger partial charge in [-0.3, -0.25) is 4.79 Å². The fraction of sp³-hybridized carbons (Fsp3) is 0.133. The fourth-order valence-electron chi connectivity index (χ4n) is 1.84. The second-order valence-electron chi connectivity index (χ2n) is 4.13. The van der Waals surface area contributed by atoms with Crippen molar-refractivity contribution < 1.29 is 14.3 Å². The number of carbonyl (C=O) groups is 1. The number of nitrogens with two attached hydrogens (primary N) is 1. The zero-order valence-corrected chi connectivity index (χ0v) is 12.7. The molecule has 0 saturated heterocycles. The van der Waals surface area contributed by atoms with Crippen LogP contribution in [0.15, 0.2) is 40.9 Å². The zero-order chi connectivity index (χ0) is 14.7. The first kappa shape index (κ1) is 14.4. The van der Waals surface area contributed by atoms with E-state index in [4.69, 9.17) is 15.2 Å². The second-order valence-corrected chi connectivity index (χ2v) is 4.99. The van der Waals surface area contributed by atoms with Crippen LogP contribution in [-0.4, -0.2) is 20.0 Å². The molecule has 0 aliphatic carbocycles. The summed E-state index contributed by atoms with van der Waals surface area (Å²) >= 11 is 3.38. The monoisotopic (exact) mass is 335 g/mol. The first-order valence-corrected chi connectivity index (χ1v) is 6.68. The van der Waals surface area contributed by atoms with Crippen LogP contribution in [0, 0.1) is 0 Å². The van der Waals surface area contributed by atoms with Crippen LogP contribution in [0.25, 0.3) is 0 Å². The lowest BCUT2D eigenvalue weighted by atomic mass is 10.0. The van der Waals surface area contributed by atoms with Crippen molar-refractivity contribution in [2.24, 2.45) is 0 Å². The molecule has 5 heteroatoms. The van der Waals surface area contributed by atoms with E-state index in [1.54, 1.807) is 43.5 Å². The summed E-state index contributed by atoms with van der Waals surface area (Å²) in [7, 11) is 3.11. The third kappa shape index (κ3) is 2.77. The van der Waals surface area contributed by atoms with Crippen molar-refractivity contribution in [3.8, 4) is 11.5 Å². The molecule has 0 heterocycles. The molecule has 0 saturated carbocycles. The summed E-state index contributed by atoms with van der Waals surface area (Å²) in [6.07, 6.45) is 0. The van der Waals surface area contributed by atoms with E-state index in [0.717, 1.165) is 0 Å². The summed E-state index contributed by atoms with van der Waals surface area (Å²) < 4.78 is 10.9. The molecule has 2 N–H and O–H groups in total. The quantitative estimate of drug-likeness (QED) is 0.688. The van der Waals surface area contributed by atoms with Crippen molar-refractivity contribution in [3.63, 3.8) is 0 Å². The molecule has 0 radical (unpaired) electrons. The summed E-state index contributed by atoms with van der Waals surface area (Å²) in [4.78, 5) is 12.5. The molecular weight excluding hydrogens is 322 g/mol. The molecule has 0 fully saturated rings. The molecule has 0 aliphatic rings. The summed E-state index contributed by atoms with van der Waals surface area (Å²) in [5.41, 5.74) is 7.32. The van der Waals surface area contributed by atoms with Crippen LogP contribution in [-0.2, 0) is 0 Å². The molecule has 0 unspecified atom stereocenters. The molecule has 0 aromatic heterocycles. The molecule has 104 valence electrons. The van der Waals surface area contributed by atoms with Gasteiger partial charge in [0.25, 0.3) is 0 Å². The van der Waals surface area contributed by atoms with Gasteiger partial charge < -0.3 is 15.2 Å². The van der Waals surface area contributed by atoms with Gasteiger partial charge in [-0.2, -0.15) is 0 Å². The van der Waals surface area contributed by atoms with Crippen LogP contribution >= 0.6 is 15.9 Å². The maximum absolute atomic E-state index is 12.5. The SMILES string of the molecule is COc1ccc(C(=O)c2ccc(OC)c(N)c2)c(Br)c1. The number of ketones is 1.